The van der Waals surface area contributed by atoms with Gasteiger partial charge in [-0.05, 0) is 12.5 Å². The Morgan fingerprint density at radius 3 is 3.24 bits per heavy atom. The fourth-order valence-corrected chi connectivity index (χ4v) is 2.95. The van der Waals surface area contributed by atoms with Crippen molar-refractivity contribution >= 4 is 17.5 Å². The van der Waals surface area contributed by atoms with Crippen molar-refractivity contribution in [1.29, 1.82) is 0 Å². The molecule has 0 aromatic carbocycles. The van der Waals surface area contributed by atoms with Crippen molar-refractivity contribution < 1.29 is 4.79 Å². The predicted octanol–water partition coefficient (Wildman–Crippen LogP) is 1.11. The maximum atomic E-state index is 11.9. The van der Waals surface area contributed by atoms with Gasteiger partial charge in [-0.15, -0.1) is 0 Å². The van der Waals surface area contributed by atoms with Crippen molar-refractivity contribution in [3.63, 3.8) is 0 Å². The van der Waals surface area contributed by atoms with Crippen molar-refractivity contribution in [2.45, 2.75) is 32.4 Å². The number of aryl methyl sites for hydroxylation is 1. The highest BCUT2D eigenvalue weighted by Crippen LogP contribution is 2.12. The van der Waals surface area contributed by atoms with E-state index in [1.54, 1.807) is 6.20 Å². The van der Waals surface area contributed by atoms with Crippen LogP contribution in [-0.2, 0) is 17.8 Å². The number of ketones is 1. The second kappa shape index (κ2) is 6.21. The standard InChI is InChI=1S/C12H19N3OS/c1-2-15-8-10(7-14-15)5-12(16)6-11-9-17-4-3-13-11/h7-8,11,13H,2-6,9H2,1H3. The van der Waals surface area contributed by atoms with Crippen LogP contribution in [0.5, 0.6) is 0 Å². The molecule has 0 amide bonds. The predicted molar refractivity (Wildman–Crippen MR) is 70.3 cm³/mol. The van der Waals surface area contributed by atoms with Gasteiger partial charge in [0.05, 0.1) is 6.20 Å². The zero-order valence-electron chi connectivity index (χ0n) is 10.2. The first-order valence-electron chi connectivity index (χ1n) is 6.12. The van der Waals surface area contributed by atoms with Crippen LogP contribution in [0.25, 0.3) is 0 Å². The quantitative estimate of drug-likeness (QED) is 0.854. The topological polar surface area (TPSA) is 46.9 Å². The summed E-state index contributed by atoms with van der Waals surface area (Å²) < 4.78 is 1.86. The van der Waals surface area contributed by atoms with Crippen LogP contribution < -0.4 is 5.32 Å². The molecule has 1 aliphatic heterocycles. The van der Waals surface area contributed by atoms with Gasteiger partial charge in [-0.1, -0.05) is 0 Å². The molecule has 1 aromatic rings. The minimum Gasteiger partial charge on any atom is -0.312 e. The highest BCUT2D eigenvalue weighted by molar-refractivity contribution is 7.99. The first kappa shape index (κ1) is 12.6. The van der Waals surface area contributed by atoms with Gasteiger partial charge < -0.3 is 5.32 Å². The maximum absolute atomic E-state index is 11.9. The van der Waals surface area contributed by atoms with Gasteiger partial charge in [-0.2, -0.15) is 16.9 Å². The molecule has 0 spiro atoms. The van der Waals surface area contributed by atoms with E-state index in [0.29, 0.717) is 24.7 Å². The van der Waals surface area contributed by atoms with Crippen LogP contribution in [0.4, 0.5) is 0 Å². The summed E-state index contributed by atoms with van der Waals surface area (Å²) in [6.45, 7) is 3.92. The highest BCUT2D eigenvalue weighted by atomic mass is 32.2. The molecule has 1 aromatic heterocycles. The summed E-state index contributed by atoms with van der Waals surface area (Å²) in [5, 5.41) is 7.57. The molecule has 0 aliphatic carbocycles. The zero-order chi connectivity index (χ0) is 12.1. The highest BCUT2D eigenvalue weighted by Gasteiger charge is 2.17. The number of rotatable bonds is 5. The van der Waals surface area contributed by atoms with E-state index < -0.39 is 0 Å². The molecule has 0 bridgehead atoms. The van der Waals surface area contributed by atoms with Crippen LogP contribution >= 0.6 is 11.8 Å². The number of aromatic nitrogens is 2. The first-order valence-corrected chi connectivity index (χ1v) is 7.27. The maximum Gasteiger partial charge on any atom is 0.138 e. The molecule has 1 fully saturated rings. The summed E-state index contributed by atoms with van der Waals surface area (Å²) in [6, 6.07) is 0.363. The smallest absolute Gasteiger partial charge is 0.138 e. The Morgan fingerprint density at radius 2 is 2.59 bits per heavy atom. The molecule has 0 saturated carbocycles. The van der Waals surface area contributed by atoms with E-state index in [1.807, 2.05) is 29.6 Å². The van der Waals surface area contributed by atoms with Crippen LogP contribution in [0.1, 0.15) is 18.9 Å². The van der Waals surface area contributed by atoms with Gasteiger partial charge in [0.2, 0.25) is 0 Å². The average molecular weight is 253 g/mol. The van der Waals surface area contributed by atoms with Crippen molar-refractivity contribution in [3.05, 3.63) is 18.0 Å². The van der Waals surface area contributed by atoms with Gasteiger partial charge in [0.1, 0.15) is 5.78 Å². The van der Waals surface area contributed by atoms with Gasteiger partial charge in [0.25, 0.3) is 0 Å². The van der Waals surface area contributed by atoms with Gasteiger partial charge in [-0.3, -0.25) is 9.48 Å². The van der Waals surface area contributed by atoms with Crippen molar-refractivity contribution in [2.24, 2.45) is 0 Å². The SMILES string of the molecule is CCn1cc(CC(=O)CC2CSCCN2)cn1. The summed E-state index contributed by atoms with van der Waals surface area (Å²) >= 11 is 1.93. The number of carbonyl (C=O) groups is 1. The molecule has 1 aliphatic rings. The minimum absolute atomic E-state index is 0.306. The number of carbonyl (C=O) groups excluding carboxylic acids is 1. The summed E-state index contributed by atoms with van der Waals surface area (Å²) in [6.07, 6.45) is 4.92. The van der Waals surface area contributed by atoms with E-state index in [4.69, 9.17) is 0 Å². The number of thioether (sulfide) groups is 1. The second-order valence-electron chi connectivity index (χ2n) is 4.35. The Kier molecular flexibility index (Phi) is 4.62. The lowest BCUT2D eigenvalue weighted by Gasteiger charge is -2.22. The third-order valence-corrected chi connectivity index (χ3v) is 4.02. The Balaban J connectivity index is 1.79. The van der Waals surface area contributed by atoms with Crippen LogP contribution in [0.2, 0.25) is 0 Å². The number of nitrogens with one attached hydrogen (secondary N) is 1. The third-order valence-electron chi connectivity index (χ3n) is 2.88. The molecule has 1 N–H and O–H groups in total. The Hall–Kier alpha value is -0.810. The summed E-state index contributed by atoms with van der Waals surface area (Å²) in [5.74, 6) is 2.52. The van der Waals surface area contributed by atoms with E-state index in [9.17, 15) is 4.79 Å². The lowest BCUT2D eigenvalue weighted by atomic mass is 10.1. The monoisotopic (exact) mass is 253 g/mol. The molecule has 2 heterocycles. The Morgan fingerprint density at radius 1 is 1.71 bits per heavy atom. The lowest BCUT2D eigenvalue weighted by Crippen LogP contribution is -2.39. The molecule has 1 atom stereocenters. The van der Waals surface area contributed by atoms with Gasteiger partial charge in [0.15, 0.2) is 0 Å². The van der Waals surface area contributed by atoms with Crippen LogP contribution in [0.15, 0.2) is 12.4 Å². The minimum atomic E-state index is 0.306. The van der Waals surface area contributed by atoms with E-state index in [2.05, 4.69) is 10.4 Å². The van der Waals surface area contributed by atoms with Gasteiger partial charge in [0, 0.05) is 49.7 Å². The van der Waals surface area contributed by atoms with E-state index in [-0.39, 0.29) is 0 Å². The summed E-state index contributed by atoms with van der Waals surface area (Å²) in [7, 11) is 0. The molecular formula is C12H19N3OS. The number of hydrogen-bond acceptors (Lipinski definition) is 4. The van der Waals surface area contributed by atoms with Gasteiger partial charge >= 0.3 is 0 Å². The molecule has 5 heteroatoms. The Bertz CT molecular complexity index is 372. The molecule has 94 valence electrons. The first-order chi connectivity index (χ1) is 8.28. The largest absolute Gasteiger partial charge is 0.312 e. The van der Waals surface area contributed by atoms with Crippen LogP contribution in [0.3, 0.4) is 0 Å². The summed E-state index contributed by atoms with van der Waals surface area (Å²) in [4.78, 5) is 11.9. The van der Waals surface area contributed by atoms with Gasteiger partial charge in [-0.25, -0.2) is 0 Å². The fourth-order valence-electron chi connectivity index (χ4n) is 2.00. The number of Topliss-reactive ketones (excluding diaryl/α,β-unsaturated/α-hetero) is 1. The lowest BCUT2D eigenvalue weighted by molar-refractivity contribution is -0.118. The summed E-state index contributed by atoms with van der Waals surface area (Å²) in [5.41, 5.74) is 1.03. The van der Waals surface area contributed by atoms with Crippen molar-refractivity contribution in [2.75, 3.05) is 18.1 Å². The second-order valence-corrected chi connectivity index (χ2v) is 5.50. The molecule has 2 rings (SSSR count). The fraction of sp³-hybridized carbons (Fsp3) is 0.667. The normalized spacial score (nSPS) is 20.4. The van der Waals surface area contributed by atoms with E-state index in [0.717, 1.165) is 30.2 Å². The Labute approximate surface area is 106 Å². The molecule has 17 heavy (non-hydrogen) atoms. The third kappa shape index (κ3) is 3.85. The average Bonchev–Trinajstić information content (AvgIpc) is 2.78. The van der Waals surface area contributed by atoms with Crippen LogP contribution in [0, 0.1) is 0 Å². The number of hydrogen-bond donors (Lipinski definition) is 1. The molecular weight excluding hydrogens is 234 g/mol. The van der Waals surface area contributed by atoms with Crippen molar-refractivity contribution in [1.82, 2.24) is 15.1 Å². The van der Waals surface area contributed by atoms with E-state index >= 15 is 0 Å². The van der Waals surface area contributed by atoms with Crippen LogP contribution in [-0.4, -0.2) is 39.7 Å². The van der Waals surface area contributed by atoms with E-state index in [1.165, 1.54) is 0 Å². The number of nitrogens with zero attached hydrogens (tertiary/aromatic N) is 2. The molecule has 0 radical (unpaired) electrons. The molecule has 4 nitrogen and oxygen atoms in total. The zero-order valence-corrected chi connectivity index (χ0v) is 11.0. The van der Waals surface area contributed by atoms with Crippen molar-refractivity contribution in [3.8, 4) is 0 Å². The molecule has 1 unspecified atom stereocenters. The molecule has 1 saturated heterocycles.